The summed E-state index contributed by atoms with van der Waals surface area (Å²) in [6.07, 6.45) is 1.31. The van der Waals surface area contributed by atoms with Crippen LogP contribution in [-0.4, -0.2) is 49.6 Å². The summed E-state index contributed by atoms with van der Waals surface area (Å²) < 4.78 is 5.28. The van der Waals surface area contributed by atoms with E-state index in [4.69, 9.17) is 4.74 Å². The molecule has 1 N–H and O–H groups in total. The van der Waals surface area contributed by atoms with Gasteiger partial charge in [-0.25, -0.2) is 0 Å². The molecule has 0 aromatic carbocycles. The Morgan fingerprint density at radius 3 is 3.00 bits per heavy atom. The van der Waals surface area contributed by atoms with Gasteiger partial charge in [0, 0.05) is 26.6 Å². The van der Waals surface area contributed by atoms with Crippen LogP contribution in [0.3, 0.4) is 0 Å². The number of hydrogen-bond donors (Lipinski definition) is 1. The molecule has 1 fully saturated rings. The smallest absolute Gasteiger partial charge is 0.248 e. The third kappa shape index (κ3) is 3.87. The van der Waals surface area contributed by atoms with Crippen molar-refractivity contribution < 1.29 is 14.3 Å². The lowest BCUT2D eigenvalue weighted by atomic mass is 10.2. The van der Waals surface area contributed by atoms with Crippen molar-refractivity contribution in [3.05, 3.63) is 0 Å². The predicted molar refractivity (Wildman–Crippen MR) is 55.3 cm³/mol. The third-order valence-electron chi connectivity index (χ3n) is 2.35. The highest BCUT2D eigenvalue weighted by atomic mass is 16.5. The van der Waals surface area contributed by atoms with Gasteiger partial charge < -0.3 is 15.0 Å². The van der Waals surface area contributed by atoms with Crippen molar-refractivity contribution in [2.75, 3.05) is 26.7 Å². The summed E-state index contributed by atoms with van der Waals surface area (Å²) in [4.78, 5) is 23.9. The van der Waals surface area contributed by atoms with Gasteiger partial charge in [-0.3, -0.25) is 9.59 Å². The number of rotatable bonds is 4. The molecule has 2 amide bonds. The molecule has 0 bridgehead atoms. The Morgan fingerprint density at radius 2 is 2.40 bits per heavy atom. The maximum atomic E-state index is 11.2. The van der Waals surface area contributed by atoms with E-state index in [1.54, 1.807) is 11.9 Å². The van der Waals surface area contributed by atoms with Gasteiger partial charge in [-0.2, -0.15) is 0 Å². The minimum Gasteiger partial charge on any atom is -0.365 e. The zero-order valence-corrected chi connectivity index (χ0v) is 9.28. The molecule has 1 rings (SSSR count). The Kier molecular flexibility index (Phi) is 4.55. The van der Waals surface area contributed by atoms with Crippen LogP contribution in [0.15, 0.2) is 0 Å². The van der Waals surface area contributed by atoms with E-state index in [0.29, 0.717) is 19.5 Å². The lowest BCUT2D eigenvalue weighted by Crippen LogP contribution is -2.48. The van der Waals surface area contributed by atoms with Crippen LogP contribution in [0, 0.1) is 0 Å². The molecule has 0 saturated carbocycles. The van der Waals surface area contributed by atoms with Crippen LogP contribution in [-0.2, 0) is 14.3 Å². The SMILES string of the molecule is CCCC(=O)NCC1CN(C)C(=O)CO1. The van der Waals surface area contributed by atoms with Crippen molar-refractivity contribution >= 4 is 11.8 Å². The van der Waals surface area contributed by atoms with Crippen LogP contribution in [0.2, 0.25) is 0 Å². The first kappa shape index (κ1) is 12.0. The van der Waals surface area contributed by atoms with E-state index in [9.17, 15) is 9.59 Å². The lowest BCUT2D eigenvalue weighted by Gasteiger charge is -2.29. The Bertz CT molecular complexity index is 243. The third-order valence-corrected chi connectivity index (χ3v) is 2.35. The van der Waals surface area contributed by atoms with Crippen LogP contribution in [0.25, 0.3) is 0 Å². The zero-order valence-electron chi connectivity index (χ0n) is 9.28. The Balaban J connectivity index is 2.22. The summed E-state index contributed by atoms with van der Waals surface area (Å²) in [5.74, 6) is 0.0341. The van der Waals surface area contributed by atoms with Crippen LogP contribution >= 0.6 is 0 Å². The molecule has 0 spiro atoms. The van der Waals surface area contributed by atoms with Gasteiger partial charge >= 0.3 is 0 Å². The van der Waals surface area contributed by atoms with E-state index in [1.807, 2.05) is 6.92 Å². The van der Waals surface area contributed by atoms with E-state index < -0.39 is 0 Å². The molecule has 0 aromatic rings. The Morgan fingerprint density at radius 1 is 1.67 bits per heavy atom. The second-order valence-electron chi connectivity index (χ2n) is 3.76. The molecule has 1 unspecified atom stereocenters. The predicted octanol–water partition coefficient (Wildman–Crippen LogP) is -0.240. The second kappa shape index (κ2) is 5.70. The highest BCUT2D eigenvalue weighted by Crippen LogP contribution is 2.03. The van der Waals surface area contributed by atoms with E-state index in [1.165, 1.54) is 0 Å². The fourth-order valence-corrected chi connectivity index (χ4v) is 1.43. The number of hydrogen-bond acceptors (Lipinski definition) is 3. The summed E-state index contributed by atoms with van der Waals surface area (Å²) >= 11 is 0. The maximum absolute atomic E-state index is 11.2. The first-order valence-electron chi connectivity index (χ1n) is 5.25. The molecule has 1 aliphatic heterocycles. The van der Waals surface area contributed by atoms with Gasteiger partial charge in [0.15, 0.2) is 0 Å². The average molecular weight is 214 g/mol. The standard InChI is InChI=1S/C10H18N2O3/c1-3-4-9(13)11-5-8-6-12(2)10(14)7-15-8/h8H,3-7H2,1-2H3,(H,11,13). The average Bonchev–Trinajstić information content (AvgIpc) is 2.20. The Hall–Kier alpha value is -1.10. The van der Waals surface area contributed by atoms with Gasteiger partial charge in [-0.1, -0.05) is 6.92 Å². The quantitative estimate of drug-likeness (QED) is 0.702. The molecule has 15 heavy (non-hydrogen) atoms. The fraction of sp³-hybridized carbons (Fsp3) is 0.800. The highest BCUT2D eigenvalue weighted by Gasteiger charge is 2.23. The molecule has 1 aliphatic rings. The normalized spacial score (nSPS) is 21.6. The summed E-state index contributed by atoms with van der Waals surface area (Å²) in [5.41, 5.74) is 0. The maximum Gasteiger partial charge on any atom is 0.248 e. The van der Waals surface area contributed by atoms with Gasteiger partial charge in [0.2, 0.25) is 11.8 Å². The molecule has 0 aliphatic carbocycles. The van der Waals surface area contributed by atoms with Gasteiger partial charge in [-0.05, 0) is 6.42 Å². The molecular formula is C10H18N2O3. The van der Waals surface area contributed by atoms with Crippen molar-refractivity contribution in [1.29, 1.82) is 0 Å². The minimum absolute atomic E-state index is 0.00821. The molecular weight excluding hydrogens is 196 g/mol. The van der Waals surface area contributed by atoms with Crippen LogP contribution in [0.5, 0.6) is 0 Å². The molecule has 0 aromatic heterocycles. The van der Waals surface area contributed by atoms with Gasteiger partial charge in [0.25, 0.3) is 0 Å². The minimum atomic E-state index is -0.0755. The van der Waals surface area contributed by atoms with Crippen molar-refractivity contribution in [1.82, 2.24) is 10.2 Å². The number of nitrogens with one attached hydrogen (secondary N) is 1. The first-order chi connectivity index (χ1) is 7.13. The second-order valence-corrected chi connectivity index (χ2v) is 3.76. The summed E-state index contributed by atoms with van der Waals surface area (Å²) in [6, 6.07) is 0. The van der Waals surface area contributed by atoms with Gasteiger partial charge in [0.05, 0.1) is 6.10 Å². The molecule has 1 saturated heterocycles. The number of amides is 2. The number of carbonyl (C=O) groups is 2. The van der Waals surface area contributed by atoms with Crippen molar-refractivity contribution in [3.63, 3.8) is 0 Å². The van der Waals surface area contributed by atoms with Crippen LogP contribution < -0.4 is 5.32 Å². The van der Waals surface area contributed by atoms with Crippen molar-refractivity contribution in [3.8, 4) is 0 Å². The molecule has 1 heterocycles. The van der Waals surface area contributed by atoms with Gasteiger partial charge in [0.1, 0.15) is 6.61 Å². The summed E-state index contributed by atoms with van der Waals surface area (Å²) in [7, 11) is 1.74. The zero-order chi connectivity index (χ0) is 11.3. The molecule has 1 atom stereocenters. The van der Waals surface area contributed by atoms with E-state index in [-0.39, 0.29) is 24.5 Å². The molecule has 5 nitrogen and oxygen atoms in total. The fourth-order valence-electron chi connectivity index (χ4n) is 1.43. The molecule has 5 heteroatoms. The number of carbonyl (C=O) groups excluding carboxylic acids is 2. The van der Waals surface area contributed by atoms with Crippen LogP contribution in [0.4, 0.5) is 0 Å². The lowest BCUT2D eigenvalue weighted by molar-refractivity contribution is -0.146. The highest BCUT2D eigenvalue weighted by molar-refractivity contribution is 5.78. The molecule has 0 radical (unpaired) electrons. The topological polar surface area (TPSA) is 58.6 Å². The summed E-state index contributed by atoms with van der Waals surface area (Å²) in [6.45, 7) is 3.11. The van der Waals surface area contributed by atoms with E-state index in [0.717, 1.165) is 6.42 Å². The van der Waals surface area contributed by atoms with E-state index >= 15 is 0 Å². The van der Waals surface area contributed by atoms with Crippen LogP contribution in [0.1, 0.15) is 19.8 Å². The summed E-state index contributed by atoms with van der Waals surface area (Å²) in [5, 5.41) is 2.79. The Labute approximate surface area is 89.8 Å². The number of likely N-dealkylation sites (N-methyl/N-ethyl adjacent to an activating group) is 1. The first-order valence-corrected chi connectivity index (χ1v) is 5.25. The van der Waals surface area contributed by atoms with E-state index in [2.05, 4.69) is 5.32 Å². The number of morpholine rings is 1. The monoisotopic (exact) mass is 214 g/mol. The van der Waals surface area contributed by atoms with Gasteiger partial charge in [-0.15, -0.1) is 0 Å². The number of ether oxygens (including phenoxy) is 1. The molecule has 86 valence electrons. The largest absolute Gasteiger partial charge is 0.365 e. The van der Waals surface area contributed by atoms with Crippen molar-refractivity contribution in [2.24, 2.45) is 0 Å². The number of nitrogens with zero attached hydrogens (tertiary/aromatic N) is 1. The van der Waals surface area contributed by atoms with Crippen molar-refractivity contribution in [2.45, 2.75) is 25.9 Å².